The van der Waals surface area contributed by atoms with Gasteiger partial charge in [-0.15, -0.1) is 0 Å². The van der Waals surface area contributed by atoms with Crippen LogP contribution in [0.5, 0.6) is 0 Å². The third kappa shape index (κ3) is 2.97. The highest BCUT2D eigenvalue weighted by Crippen LogP contribution is 2.15. The zero-order valence-corrected chi connectivity index (χ0v) is 12.9. The van der Waals surface area contributed by atoms with Crippen LogP contribution in [0.1, 0.15) is 5.56 Å². The summed E-state index contributed by atoms with van der Waals surface area (Å²) in [6.45, 7) is 0.595. The molecule has 0 aliphatic carbocycles. The highest BCUT2D eigenvalue weighted by molar-refractivity contribution is 9.10. The molecule has 106 valence electrons. The number of nitrogens with two attached hydrogens (primary N) is 1. The molecule has 0 aliphatic heterocycles. The van der Waals surface area contributed by atoms with E-state index in [9.17, 15) is 4.79 Å². The highest BCUT2D eigenvalue weighted by Gasteiger charge is 2.05. The van der Waals surface area contributed by atoms with Gasteiger partial charge in [0.1, 0.15) is 0 Å². The summed E-state index contributed by atoms with van der Waals surface area (Å²) in [4.78, 5) is 16.8. The molecule has 3 aromatic rings. The molecule has 2 aromatic carbocycles. The van der Waals surface area contributed by atoms with Crippen molar-refractivity contribution in [2.75, 3.05) is 5.73 Å². The molecule has 4 nitrogen and oxygen atoms in total. The third-order valence-electron chi connectivity index (χ3n) is 3.41. The molecular formula is C16H14BrN3O. The van der Waals surface area contributed by atoms with E-state index in [1.165, 1.54) is 0 Å². The Bertz CT molecular complexity index is 840. The number of nitrogens with zero attached hydrogens (tertiary/aromatic N) is 2. The summed E-state index contributed by atoms with van der Waals surface area (Å²) >= 11 is 3.39. The predicted molar refractivity (Wildman–Crippen MR) is 88.3 cm³/mol. The molecule has 2 N–H and O–H groups in total. The van der Waals surface area contributed by atoms with Gasteiger partial charge in [-0.05, 0) is 42.3 Å². The fourth-order valence-corrected chi connectivity index (χ4v) is 2.59. The molecule has 0 amide bonds. The normalized spacial score (nSPS) is 10.9. The molecule has 0 unspecified atom stereocenters. The molecule has 0 aliphatic rings. The Kier molecular flexibility index (Phi) is 3.75. The zero-order chi connectivity index (χ0) is 14.8. The molecular weight excluding hydrogens is 330 g/mol. The highest BCUT2D eigenvalue weighted by atomic mass is 79.9. The summed E-state index contributed by atoms with van der Waals surface area (Å²) in [6, 6.07) is 13.2. The van der Waals surface area contributed by atoms with E-state index in [1.807, 2.05) is 42.5 Å². The zero-order valence-electron chi connectivity index (χ0n) is 11.3. The van der Waals surface area contributed by atoms with Crippen LogP contribution in [-0.4, -0.2) is 9.55 Å². The smallest absolute Gasteiger partial charge is 0.261 e. The van der Waals surface area contributed by atoms with Crippen LogP contribution in [0.15, 0.2) is 58.1 Å². The molecule has 3 rings (SSSR count). The van der Waals surface area contributed by atoms with Crippen LogP contribution < -0.4 is 11.3 Å². The maximum Gasteiger partial charge on any atom is 0.261 e. The van der Waals surface area contributed by atoms with E-state index in [4.69, 9.17) is 5.73 Å². The van der Waals surface area contributed by atoms with Gasteiger partial charge >= 0.3 is 0 Å². The molecule has 0 bridgehead atoms. The monoisotopic (exact) mass is 343 g/mol. The van der Waals surface area contributed by atoms with Crippen LogP contribution in [0.3, 0.4) is 0 Å². The van der Waals surface area contributed by atoms with E-state index < -0.39 is 0 Å². The maximum atomic E-state index is 12.4. The van der Waals surface area contributed by atoms with Gasteiger partial charge in [-0.2, -0.15) is 0 Å². The van der Waals surface area contributed by atoms with Crippen molar-refractivity contribution in [2.45, 2.75) is 13.0 Å². The Morgan fingerprint density at radius 2 is 1.90 bits per heavy atom. The molecule has 0 atom stereocenters. The summed E-state index contributed by atoms with van der Waals surface area (Å²) in [5.74, 6) is 0. The number of anilines is 1. The van der Waals surface area contributed by atoms with Crippen LogP contribution in [-0.2, 0) is 13.0 Å². The Morgan fingerprint density at radius 3 is 2.67 bits per heavy atom. The lowest BCUT2D eigenvalue weighted by atomic mass is 10.1. The van der Waals surface area contributed by atoms with Gasteiger partial charge in [-0.1, -0.05) is 28.1 Å². The number of aromatic nitrogens is 2. The van der Waals surface area contributed by atoms with Gasteiger partial charge < -0.3 is 5.73 Å². The topological polar surface area (TPSA) is 60.9 Å². The van der Waals surface area contributed by atoms with E-state index in [0.717, 1.165) is 22.1 Å². The lowest BCUT2D eigenvalue weighted by Gasteiger charge is -2.07. The minimum atomic E-state index is -0.0169. The number of hydrogen-bond donors (Lipinski definition) is 1. The van der Waals surface area contributed by atoms with Gasteiger partial charge in [0.15, 0.2) is 0 Å². The number of rotatable bonds is 3. The maximum absolute atomic E-state index is 12.4. The molecule has 0 spiro atoms. The predicted octanol–water partition coefficient (Wildman–Crippen LogP) is 2.98. The number of fused-ring (bicyclic) bond motifs is 1. The quantitative estimate of drug-likeness (QED) is 0.743. The van der Waals surface area contributed by atoms with E-state index in [2.05, 4.69) is 20.9 Å². The first-order valence-corrected chi connectivity index (χ1v) is 7.42. The Labute approximate surface area is 130 Å². The van der Waals surface area contributed by atoms with Crippen LogP contribution >= 0.6 is 15.9 Å². The van der Waals surface area contributed by atoms with Gasteiger partial charge in [-0.3, -0.25) is 9.36 Å². The van der Waals surface area contributed by atoms with E-state index in [1.54, 1.807) is 10.9 Å². The molecule has 21 heavy (non-hydrogen) atoms. The number of benzene rings is 2. The Hall–Kier alpha value is -2.14. The van der Waals surface area contributed by atoms with Crippen LogP contribution in [0.2, 0.25) is 0 Å². The van der Waals surface area contributed by atoms with Crippen LogP contribution in [0, 0.1) is 0 Å². The van der Waals surface area contributed by atoms with Crippen molar-refractivity contribution in [1.29, 1.82) is 0 Å². The first-order valence-electron chi connectivity index (χ1n) is 6.62. The van der Waals surface area contributed by atoms with Gasteiger partial charge in [0.2, 0.25) is 0 Å². The van der Waals surface area contributed by atoms with E-state index in [0.29, 0.717) is 17.4 Å². The number of nitrogen functional groups attached to an aromatic ring is 1. The van der Waals surface area contributed by atoms with Crippen molar-refractivity contribution >= 4 is 32.5 Å². The molecule has 0 radical (unpaired) electrons. The van der Waals surface area contributed by atoms with E-state index >= 15 is 0 Å². The van der Waals surface area contributed by atoms with Crippen molar-refractivity contribution in [1.82, 2.24) is 9.55 Å². The lowest BCUT2D eigenvalue weighted by Crippen LogP contribution is -2.21. The molecule has 0 fully saturated rings. The first kappa shape index (κ1) is 13.8. The summed E-state index contributed by atoms with van der Waals surface area (Å²) < 4.78 is 2.52. The number of halogens is 1. The second kappa shape index (κ2) is 5.69. The van der Waals surface area contributed by atoms with Crippen molar-refractivity contribution < 1.29 is 0 Å². The minimum Gasteiger partial charge on any atom is -0.399 e. The van der Waals surface area contributed by atoms with E-state index in [-0.39, 0.29) is 5.56 Å². The first-order chi connectivity index (χ1) is 10.1. The average molecular weight is 344 g/mol. The number of aryl methyl sites for hydroxylation is 2. The minimum absolute atomic E-state index is 0.0169. The lowest BCUT2D eigenvalue weighted by molar-refractivity contribution is 0.662. The SMILES string of the molecule is Nc1ccc(CCn2cnc3ccc(Br)cc3c2=O)cc1. The third-order valence-corrected chi connectivity index (χ3v) is 3.90. The molecule has 5 heteroatoms. The fraction of sp³-hybridized carbons (Fsp3) is 0.125. The Morgan fingerprint density at radius 1 is 1.14 bits per heavy atom. The summed E-state index contributed by atoms with van der Waals surface area (Å²) in [5, 5.41) is 0.629. The molecule has 1 heterocycles. The molecule has 0 saturated heterocycles. The van der Waals surface area contributed by atoms with Crippen molar-refractivity contribution in [3.8, 4) is 0 Å². The summed E-state index contributed by atoms with van der Waals surface area (Å²) in [6.07, 6.45) is 2.37. The largest absolute Gasteiger partial charge is 0.399 e. The standard InChI is InChI=1S/C16H14BrN3O/c17-12-3-6-15-14(9-12)16(21)20(10-19-15)8-7-11-1-4-13(18)5-2-11/h1-6,9-10H,7-8,18H2. The van der Waals surface area contributed by atoms with Gasteiger partial charge in [-0.25, -0.2) is 4.98 Å². The van der Waals surface area contributed by atoms with Gasteiger partial charge in [0, 0.05) is 16.7 Å². The van der Waals surface area contributed by atoms with Gasteiger partial charge in [0.05, 0.1) is 17.2 Å². The van der Waals surface area contributed by atoms with Gasteiger partial charge in [0.25, 0.3) is 5.56 Å². The van der Waals surface area contributed by atoms with Crippen LogP contribution in [0.4, 0.5) is 5.69 Å². The number of hydrogen-bond acceptors (Lipinski definition) is 3. The average Bonchev–Trinajstić information content (AvgIpc) is 2.49. The van der Waals surface area contributed by atoms with Crippen molar-refractivity contribution in [3.05, 3.63) is 69.2 Å². The summed E-state index contributed by atoms with van der Waals surface area (Å²) in [5.41, 5.74) is 8.25. The van der Waals surface area contributed by atoms with Crippen LogP contribution in [0.25, 0.3) is 10.9 Å². The molecule has 0 saturated carbocycles. The summed E-state index contributed by atoms with van der Waals surface area (Å²) in [7, 11) is 0. The Balaban J connectivity index is 1.89. The fourth-order valence-electron chi connectivity index (χ4n) is 2.22. The van der Waals surface area contributed by atoms with Crippen molar-refractivity contribution in [2.24, 2.45) is 0 Å². The molecule has 1 aromatic heterocycles. The second-order valence-electron chi connectivity index (χ2n) is 4.90. The second-order valence-corrected chi connectivity index (χ2v) is 5.81. The van der Waals surface area contributed by atoms with Crippen molar-refractivity contribution in [3.63, 3.8) is 0 Å².